The van der Waals surface area contributed by atoms with E-state index in [1.165, 1.54) is 10.6 Å². The molecule has 1 aromatic carbocycles. The molecule has 1 N–H and O–H groups in total. The van der Waals surface area contributed by atoms with Gasteiger partial charge in [-0.1, -0.05) is 17.7 Å². The van der Waals surface area contributed by atoms with Crippen LogP contribution in [0.1, 0.15) is 5.56 Å². The summed E-state index contributed by atoms with van der Waals surface area (Å²) in [6, 6.07) is 5.34. The third-order valence-electron chi connectivity index (χ3n) is 3.27. The van der Waals surface area contributed by atoms with Crippen molar-refractivity contribution < 1.29 is 13.5 Å². The summed E-state index contributed by atoms with van der Waals surface area (Å²) in [5.41, 5.74) is 1.68. The summed E-state index contributed by atoms with van der Waals surface area (Å²) >= 11 is 5.98. The van der Waals surface area contributed by atoms with Gasteiger partial charge < -0.3 is 10.0 Å². The van der Waals surface area contributed by atoms with Crippen LogP contribution < -0.4 is 4.90 Å². The van der Waals surface area contributed by atoms with E-state index in [1.807, 2.05) is 6.07 Å². The van der Waals surface area contributed by atoms with Crippen LogP contribution >= 0.6 is 11.6 Å². The van der Waals surface area contributed by atoms with Crippen molar-refractivity contribution >= 4 is 27.3 Å². The fourth-order valence-electron chi connectivity index (χ4n) is 2.23. The number of benzene rings is 1. The largest absolute Gasteiger partial charge is 0.392 e. The van der Waals surface area contributed by atoms with Gasteiger partial charge in [-0.25, -0.2) is 8.42 Å². The van der Waals surface area contributed by atoms with Crippen LogP contribution in [0.2, 0.25) is 5.02 Å². The van der Waals surface area contributed by atoms with Gasteiger partial charge in [-0.15, -0.1) is 0 Å². The summed E-state index contributed by atoms with van der Waals surface area (Å²) < 4.78 is 24.4. The minimum Gasteiger partial charge on any atom is -0.392 e. The molecule has 0 radical (unpaired) electrons. The molecule has 0 amide bonds. The van der Waals surface area contributed by atoms with Crippen molar-refractivity contribution in [2.45, 2.75) is 6.61 Å². The number of hydrogen-bond donors (Lipinski definition) is 1. The summed E-state index contributed by atoms with van der Waals surface area (Å²) in [4.78, 5) is 2.05. The van der Waals surface area contributed by atoms with Crippen LogP contribution in [0.5, 0.6) is 0 Å². The Morgan fingerprint density at radius 3 is 2.42 bits per heavy atom. The third kappa shape index (κ3) is 3.39. The Morgan fingerprint density at radius 1 is 1.26 bits per heavy atom. The standard InChI is InChI=1S/C12H17ClN2O3S/c1-19(17,18)15-6-4-14(5-7-15)12-8-11(13)3-2-10(12)9-16/h2-3,8,16H,4-7,9H2,1H3. The first-order chi connectivity index (χ1) is 8.91. The summed E-state index contributed by atoms with van der Waals surface area (Å²) in [6.07, 6.45) is 1.22. The Balaban J connectivity index is 2.16. The van der Waals surface area contributed by atoms with Crippen LogP contribution in [-0.4, -0.2) is 50.3 Å². The lowest BCUT2D eigenvalue weighted by Crippen LogP contribution is -2.48. The van der Waals surface area contributed by atoms with E-state index in [9.17, 15) is 13.5 Å². The Morgan fingerprint density at radius 2 is 1.89 bits per heavy atom. The lowest BCUT2D eigenvalue weighted by Gasteiger charge is -2.35. The molecular weight excluding hydrogens is 288 g/mol. The molecule has 7 heteroatoms. The van der Waals surface area contributed by atoms with Gasteiger partial charge in [0, 0.05) is 42.5 Å². The first kappa shape index (κ1) is 14.6. The van der Waals surface area contributed by atoms with E-state index >= 15 is 0 Å². The molecule has 19 heavy (non-hydrogen) atoms. The third-order valence-corrected chi connectivity index (χ3v) is 4.80. The highest BCUT2D eigenvalue weighted by Gasteiger charge is 2.24. The zero-order valence-electron chi connectivity index (χ0n) is 10.7. The number of aliphatic hydroxyl groups excluding tert-OH is 1. The fraction of sp³-hybridized carbons (Fsp3) is 0.500. The molecule has 0 spiro atoms. The molecule has 1 aliphatic heterocycles. The highest BCUT2D eigenvalue weighted by molar-refractivity contribution is 7.88. The van der Waals surface area contributed by atoms with E-state index in [-0.39, 0.29) is 6.61 Å². The molecule has 0 atom stereocenters. The van der Waals surface area contributed by atoms with Gasteiger partial charge >= 0.3 is 0 Å². The molecule has 5 nitrogen and oxygen atoms in total. The number of anilines is 1. The number of hydrogen-bond acceptors (Lipinski definition) is 4. The lowest BCUT2D eigenvalue weighted by atomic mass is 10.1. The van der Waals surface area contributed by atoms with Crippen LogP contribution in [-0.2, 0) is 16.6 Å². The SMILES string of the molecule is CS(=O)(=O)N1CCN(c2cc(Cl)ccc2CO)CC1. The average Bonchev–Trinajstić information content (AvgIpc) is 2.38. The maximum absolute atomic E-state index is 11.5. The van der Waals surface area contributed by atoms with Gasteiger partial charge in [-0.05, 0) is 12.1 Å². The van der Waals surface area contributed by atoms with Gasteiger partial charge in [-0.2, -0.15) is 4.31 Å². The summed E-state index contributed by atoms with van der Waals surface area (Å²) in [5.74, 6) is 0. The average molecular weight is 305 g/mol. The fourth-order valence-corrected chi connectivity index (χ4v) is 3.22. The van der Waals surface area contributed by atoms with Gasteiger partial charge in [0.25, 0.3) is 0 Å². The van der Waals surface area contributed by atoms with Crippen LogP contribution in [0.15, 0.2) is 18.2 Å². The van der Waals surface area contributed by atoms with Crippen molar-refractivity contribution in [3.05, 3.63) is 28.8 Å². The molecule has 1 aliphatic rings. The second-order valence-corrected chi connectivity index (χ2v) is 7.00. The van der Waals surface area contributed by atoms with Crippen molar-refractivity contribution in [3.63, 3.8) is 0 Å². The number of rotatable bonds is 3. The van der Waals surface area contributed by atoms with Crippen LogP contribution in [0.4, 0.5) is 5.69 Å². The van der Waals surface area contributed by atoms with Gasteiger partial charge in [0.05, 0.1) is 12.9 Å². The number of aliphatic hydroxyl groups is 1. The lowest BCUT2D eigenvalue weighted by molar-refractivity contribution is 0.281. The van der Waals surface area contributed by atoms with E-state index in [0.717, 1.165) is 11.3 Å². The van der Waals surface area contributed by atoms with Gasteiger partial charge in [0.15, 0.2) is 0 Å². The molecule has 2 rings (SSSR count). The minimum atomic E-state index is -3.12. The zero-order valence-corrected chi connectivity index (χ0v) is 12.3. The molecule has 0 bridgehead atoms. The molecule has 1 aromatic rings. The molecule has 0 saturated carbocycles. The van der Waals surface area contributed by atoms with Crippen molar-refractivity contribution in [3.8, 4) is 0 Å². The molecule has 106 valence electrons. The zero-order chi connectivity index (χ0) is 14.0. The Labute approximate surface area is 118 Å². The molecule has 1 heterocycles. The Hall–Kier alpha value is -0.820. The van der Waals surface area contributed by atoms with Gasteiger partial charge in [-0.3, -0.25) is 0 Å². The summed E-state index contributed by atoms with van der Waals surface area (Å²) in [6.45, 7) is 2.05. The van der Waals surface area contributed by atoms with Gasteiger partial charge in [0.1, 0.15) is 0 Å². The van der Waals surface area contributed by atoms with Crippen molar-refractivity contribution in [2.24, 2.45) is 0 Å². The smallest absolute Gasteiger partial charge is 0.211 e. The number of sulfonamides is 1. The number of nitrogens with zero attached hydrogens (tertiary/aromatic N) is 2. The number of piperazine rings is 1. The summed E-state index contributed by atoms with van der Waals surface area (Å²) in [5, 5.41) is 9.95. The first-order valence-corrected chi connectivity index (χ1v) is 8.24. The monoisotopic (exact) mass is 304 g/mol. The van der Waals surface area contributed by atoms with E-state index in [1.54, 1.807) is 12.1 Å². The quantitative estimate of drug-likeness (QED) is 0.902. The molecule has 1 saturated heterocycles. The van der Waals surface area contributed by atoms with E-state index < -0.39 is 10.0 Å². The van der Waals surface area contributed by atoms with Gasteiger partial charge in [0.2, 0.25) is 10.0 Å². The molecule has 0 aromatic heterocycles. The maximum atomic E-state index is 11.5. The Bertz CT molecular complexity index is 554. The topological polar surface area (TPSA) is 60.9 Å². The highest BCUT2D eigenvalue weighted by atomic mass is 35.5. The summed E-state index contributed by atoms with van der Waals surface area (Å²) in [7, 11) is -3.12. The van der Waals surface area contributed by atoms with Crippen LogP contribution in [0.3, 0.4) is 0 Å². The predicted octanol–water partition coefficient (Wildman–Crippen LogP) is 0.914. The second-order valence-electron chi connectivity index (χ2n) is 4.58. The second kappa shape index (κ2) is 5.66. The first-order valence-electron chi connectivity index (χ1n) is 6.01. The van der Waals surface area contributed by atoms with E-state index in [4.69, 9.17) is 11.6 Å². The molecular formula is C12H17ClN2O3S. The predicted molar refractivity (Wildman–Crippen MR) is 76.0 cm³/mol. The molecule has 0 unspecified atom stereocenters. The van der Waals surface area contributed by atoms with Crippen LogP contribution in [0, 0.1) is 0 Å². The molecule has 0 aliphatic carbocycles. The number of halogens is 1. The highest BCUT2D eigenvalue weighted by Crippen LogP contribution is 2.26. The van der Waals surface area contributed by atoms with Crippen molar-refractivity contribution in [1.82, 2.24) is 4.31 Å². The normalized spacial score (nSPS) is 17.7. The van der Waals surface area contributed by atoms with E-state index in [2.05, 4.69) is 4.90 Å². The van der Waals surface area contributed by atoms with Crippen molar-refractivity contribution in [1.29, 1.82) is 0 Å². The maximum Gasteiger partial charge on any atom is 0.211 e. The van der Waals surface area contributed by atoms with E-state index in [0.29, 0.717) is 31.2 Å². The van der Waals surface area contributed by atoms with Crippen LogP contribution in [0.25, 0.3) is 0 Å². The Kier molecular flexibility index (Phi) is 4.35. The van der Waals surface area contributed by atoms with Crippen molar-refractivity contribution in [2.75, 3.05) is 37.3 Å². The molecule has 1 fully saturated rings. The minimum absolute atomic E-state index is 0.0568.